The zero-order chi connectivity index (χ0) is 25.0. The number of ether oxygens (including phenoxy) is 3. The average Bonchev–Trinajstić information content (AvgIpc) is 3.10. The minimum atomic E-state index is -0.632. The van der Waals surface area contributed by atoms with Crippen LogP contribution in [-0.2, 0) is 9.47 Å². The third kappa shape index (κ3) is 7.32. The molecule has 0 aliphatic heterocycles. The lowest BCUT2D eigenvalue weighted by molar-refractivity contribution is 0.00668. The molecular formula is C25H31BrN2O5. The molecule has 0 N–H and O–H groups in total. The maximum atomic E-state index is 12.6. The van der Waals surface area contributed by atoms with Crippen LogP contribution in [0.5, 0.6) is 11.5 Å². The van der Waals surface area contributed by atoms with Crippen molar-refractivity contribution in [3.8, 4) is 11.5 Å². The van der Waals surface area contributed by atoms with E-state index in [0.29, 0.717) is 28.1 Å². The van der Waals surface area contributed by atoms with E-state index in [4.69, 9.17) is 14.2 Å². The Morgan fingerprint density at radius 1 is 0.939 bits per heavy atom. The number of pyridine rings is 1. The van der Waals surface area contributed by atoms with Crippen LogP contribution in [0.3, 0.4) is 0 Å². The van der Waals surface area contributed by atoms with Crippen LogP contribution in [0.2, 0.25) is 0 Å². The summed E-state index contributed by atoms with van der Waals surface area (Å²) in [7, 11) is 0. The highest BCUT2D eigenvalue weighted by atomic mass is 79.9. The second-order valence-electron chi connectivity index (χ2n) is 8.99. The highest BCUT2D eigenvalue weighted by Gasteiger charge is 2.23. The summed E-state index contributed by atoms with van der Waals surface area (Å²) < 4.78 is 18.9. The van der Waals surface area contributed by atoms with Crippen LogP contribution in [0.4, 0.5) is 4.79 Å². The zero-order valence-electron chi connectivity index (χ0n) is 20.4. The van der Waals surface area contributed by atoms with Gasteiger partial charge in [-0.2, -0.15) is 0 Å². The molecule has 0 aliphatic rings. The van der Waals surface area contributed by atoms with Crippen molar-refractivity contribution in [2.75, 3.05) is 0 Å². The van der Waals surface area contributed by atoms with Gasteiger partial charge in [0.15, 0.2) is 0 Å². The van der Waals surface area contributed by atoms with Gasteiger partial charge in [-0.1, -0.05) is 29.8 Å². The van der Waals surface area contributed by atoms with Crippen molar-refractivity contribution in [3.63, 3.8) is 0 Å². The summed E-state index contributed by atoms with van der Waals surface area (Å²) in [5.41, 5.74) is -0.505. The van der Waals surface area contributed by atoms with Crippen molar-refractivity contribution >= 4 is 39.0 Å². The second kappa shape index (κ2) is 10.4. The number of rotatable bonds is 3. The van der Waals surface area contributed by atoms with Gasteiger partial charge in [-0.05, 0) is 71.9 Å². The first kappa shape index (κ1) is 26.4. The molecule has 33 heavy (non-hydrogen) atoms. The molecule has 0 bridgehead atoms. The van der Waals surface area contributed by atoms with Crippen molar-refractivity contribution in [2.45, 2.75) is 66.6 Å². The minimum absolute atomic E-state index is 0.296. The van der Waals surface area contributed by atoms with Crippen molar-refractivity contribution in [3.05, 3.63) is 52.8 Å². The van der Waals surface area contributed by atoms with Gasteiger partial charge >= 0.3 is 12.1 Å². The van der Waals surface area contributed by atoms with E-state index in [2.05, 4.69) is 20.9 Å². The molecule has 0 saturated heterocycles. The van der Waals surface area contributed by atoms with E-state index in [1.165, 1.54) is 10.8 Å². The Morgan fingerprint density at radius 2 is 1.58 bits per heavy atom. The summed E-state index contributed by atoms with van der Waals surface area (Å²) in [6.45, 7) is 14.8. The van der Waals surface area contributed by atoms with E-state index < -0.39 is 23.3 Å². The van der Waals surface area contributed by atoms with Crippen LogP contribution >= 0.6 is 15.9 Å². The molecule has 0 fully saturated rings. The number of benzene rings is 1. The number of esters is 1. The normalized spacial score (nSPS) is 11.4. The molecule has 2 heterocycles. The summed E-state index contributed by atoms with van der Waals surface area (Å²) in [5.74, 6) is 0.258. The number of carbonyl (C=O) groups is 2. The number of aromatic nitrogens is 2. The van der Waals surface area contributed by atoms with Gasteiger partial charge in [-0.25, -0.2) is 19.1 Å². The van der Waals surface area contributed by atoms with Gasteiger partial charge in [0, 0.05) is 16.1 Å². The first-order valence-electron chi connectivity index (χ1n) is 10.7. The van der Waals surface area contributed by atoms with Crippen LogP contribution in [0.25, 0.3) is 11.0 Å². The summed E-state index contributed by atoms with van der Waals surface area (Å²) in [5, 5.41) is 0.692. The van der Waals surface area contributed by atoms with Crippen LogP contribution in [0.15, 0.2) is 47.2 Å². The standard InChI is InChI=1S/C23H25BrN2O5.C2H6/c1-22(2,3)30-20(27)17-8-7-15(24)12-18(17)29-16-11-14-9-10-26(19(14)25-13-16)21(28)31-23(4,5)6;1-2/h7-13H,1-6H3;1-2H3. The SMILES string of the molecule is CC.CC(C)(C)OC(=O)c1ccc(Br)cc1Oc1cnc2c(ccn2C(=O)OC(C)(C)C)c1. The molecular weight excluding hydrogens is 488 g/mol. The molecule has 0 radical (unpaired) electrons. The fraction of sp³-hybridized carbons (Fsp3) is 0.400. The van der Waals surface area contributed by atoms with E-state index >= 15 is 0 Å². The predicted molar refractivity (Wildman–Crippen MR) is 132 cm³/mol. The Labute approximate surface area is 203 Å². The van der Waals surface area contributed by atoms with Crippen molar-refractivity contribution in [1.82, 2.24) is 9.55 Å². The van der Waals surface area contributed by atoms with E-state index in [1.807, 2.05) is 13.8 Å². The van der Waals surface area contributed by atoms with Gasteiger partial charge in [0.2, 0.25) is 0 Å². The third-order valence-electron chi connectivity index (χ3n) is 3.88. The molecule has 1 aromatic carbocycles. The zero-order valence-corrected chi connectivity index (χ0v) is 21.9. The van der Waals surface area contributed by atoms with Gasteiger partial charge in [-0.15, -0.1) is 0 Å². The molecule has 3 rings (SSSR count). The Bertz CT molecular complexity index is 1140. The van der Waals surface area contributed by atoms with E-state index in [1.54, 1.807) is 78.1 Å². The fourth-order valence-electron chi connectivity index (χ4n) is 2.73. The highest BCUT2D eigenvalue weighted by molar-refractivity contribution is 9.10. The quantitative estimate of drug-likeness (QED) is 0.337. The Kier molecular flexibility index (Phi) is 8.30. The Hall–Kier alpha value is -2.87. The lowest BCUT2D eigenvalue weighted by Crippen LogP contribution is -2.26. The second-order valence-corrected chi connectivity index (χ2v) is 9.91. The number of carbonyl (C=O) groups excluding carboxylic acids is 2. The molecule has 0 atom stereocenters. The number of hydrogen-bond donors (Lipinski definition) is 0. The summed E-state index contributed by atoms with van der Waals surface area (Å²) in [6, 6.07) is 8.56. The van der Waals surface area contributed by atoms with Gasteiger partial charge in [-0.3, -0.25) is 0 Å². The number of hydrogen-bond acceptors (Lipinski definition) is 6. The minimum Gasteiger partial charge on any atom is -0.456 e. The largest absolute Gasteiger partial charge is 0.456 e. The monoisotopic (exact) mass is 518 g/mol. The van der Waals surface area contributed by atoms with Crippen LogP contribution in [0, 0.1) is 0 Å². The molecule has 0 aliphatic carbocycles. The number of halogens is 1. The predicted octanol–water partition coefficient (Wildman–Crippen LogP) is 7.36. The van der Waals surface area contributed by atoms with Gasteiger partial charge in [0.1, 0.15) is 33.9 Å². The molecule has 0 amide bonds. The lowest BCUT2D eigenvalue weighted by atomic mass is 10.1. The topological polar surface area (TPSA) is 79.7 Å². The van der Waals surface area contributed by atoms with Crippen LogP contribution in [0.1, 0.15) is 65.7 Å². The van der Waals surface area contributed by atoms with Crippen molar-refractivity contribution < 1.29 is 23.8 Å². The summed E-state index contributed by atoms with van der Waals surface area (Å²) in [6.07, 6.45) is 2.58. The lowest BCUT2D eigenvalue weighted by Gasteiger charge is -2.20. The van der Waals surface area contributed by atoms with Crippen molar-refractivity contribution in [1.29, 1.82) is 0 Å². The van der Waals surface area contributed by atoms with Crippen LogP contribution in [-0.4, -0.2) is 32.8 Å². The molecule has 7 nitrogen and oxygen atoms in total. The highest BCUT2D eigenvalue weighted by Crippen LogP contribution is 2.31. The molecule has 2 aromatic heterocycles. The Morgan fingerprint density at radius 3 is 2.18 bits per heavy atom. The maximum Gasteiger partial charge on any atom is 0.420 e. The Balaban J connectivity index is 0.00000187. The smallest absolute Gasteiger partial charge is 0.420 e. The molecule has 0 saturated carbocycles. The number of nitrogens with zero attached hydrogens (tertiary/aromatic N) is 2. The van der Waals surface area contributed by atoms with Crippen molar-refractivity contribution in [2.24, 2.45) is 0 Å². The molecule has 0 unspecified atom stereocenters. The van der Waals surface area contributed by atoms with Crippen LogP contribution < -0.4 is 4.74 Å². The maximum absolute atomic E-state index is 12.6. The van der Waals surface area contributed by atoms with E-state index in [9.17, 15) is 9.59 Å². The number of fused-ring (bicyclic) bond motifs is 1. The first-order chi connectivity index (χ1) is 15.3. The van der Waals surface area contributed by atoms with Gasteiger partial charge in [0.05, 0.1) is 6.20 Å². The van der Waals surface area contributed by atoms with E-state index in [-0.39, 0.29) is 0 Å². The first-order valence-corrected chi connectivity index (χ1v) is 11.5. The molecule has 178 valence electrons. The summed E-state index contributed by atoms with van der Waals surface area (Å²) >= 11 is 3.40. The molecule has 8 heteroatoms. The summed E-state index contributed by atoms with van der Waals surface area (Å²) in [4.78, 5) is 29.3. The third-order valence-corrected chi connectivity index (χ3v) is 4.38. The van der Waals surface area contributed by atoms with Gasteiger partial charge in [0.25, 0.3) is 0 Å². The molecule has 0 spiro atoms. The van der Waals surface area contributed by atoms with Gasteiger partial charge < -0.3 is 14.2 Å². The fourth-order valence-corrected chi connectivity index (χ4v) is 3.07. The average molecular weight is 519 g/mol. The van der Waals surface area contributed by atoms with E-state index in [0.717, 1.165) is 4.47 Å². The molecule has 3 aromatic rings.